The zero-order valence-corrected chi connectivity index (χ0v) is 13.1. The molecule has 0 heterocycles. The molecule has 0 radical (unpaired) electrons. The van der Waals surface area contributed by atoms with E-state index in [4.69, 9.17) is 46.4 Å². The van der Waals surface area contributed by atoms with Gasteiger partial charge in [0.15, 0.2) is 0 Å². The molecule has 100 valence electrons. The summed E-state index contributed by atoms with van der Waals surface area (Å²) < 4.78 is 0. The second-order valence-corrected chi connectivity index (χ2v) is 5.64. The Bertz CT molecular complexity index is 567. The molecule has 0 bridgehead atoms. The van der Waals surface area contributed by atoms with E-state index in [9.17, 15) is 0 Å². The van der Waals surface area contributed by atoms with Gasteiger partial charge in [0.2, 0.25) is 0 Å². The minimum atomic E-state index is 0.394. The molecule has 2 aromatic carbocycles. The zero-order valence-electron chi connectivity index (χ0n) is 10.1. The maximum atomic E-state index is 6.22. The molecule has 0 amide bonds. The van der Waals surface area contributed by atoms with Gasteiger partial charge in [-0.15, -0.1) is 0 Å². The summed E-state index contributed by atoms with van der Waals surface area (Å²) in [6.45, 7) is 0.804. The van der Waals surface area contributed by atoms with Crippen LogP contribution in [0, 0.1) is 0 Å². The number of rotatable bonds is 3. The fourth-order valence-electron chi connectivity index (χ4n) is 1.82. The summed E-state index contributed by atoms with van der Waals surface area (Å²) >= 11 is 24.5. The minimum absolute atomic E-state index is 0.394. The highest BCUT2D eigenvalue weighted by atomic mass is 35.5. The van der Waals surface area contributed by atoms with Crippen LogP contribution in [0.3, 0.4) is 0 Å². The van der Waals surface area contributed by atoms with E-state index in [-0.39, 0.29) is 0 Å². The van der Waals surface area contributed by atoms with Crippen molar-refractivity contribution in [3.63, 3.8) is 0 Å². The Kier molecular flexibility index (Phi) is 4.99. The number of benzene rings is 2. The molecule has 1 N–H and O–H groups in total. The van der Waals surface area contributed by atoms with Crippen LogP contribution in [-0.4, -0.2) is 7.05 Å². The standard InChI is InChI=1S/C14H11Cl4N/c1-19-7-8-2-4-9(5-3-8)12-13(17)10(15)6-11(16)14(12)18/h2-6,19H,7H2,1H3. The predicted molar refractivity (Wildman–Crippen MR) is 84.7 cm³/mol. The van der Waals surface area contributed by atoms with Crippen LogP contribution in [0.5, 0.6) is 0 Å². The molecule has 5 heteroatoms. The monoisotopic (exact) mass is 333 g/mol. The van der Waals surface area contributed by atoms with Crippen molar-refractivity contribution in [2.75, 3.05) is 7.05 Å². The first-order valence-corrected chi connectivity index (χ1v) is 7.12. The van der Waals surface area contributed by atoms with Crippen molar-refractivity contribution in [3.05, 3.63) is 56.0 Å². The zero-order chi connectivity index (χ0) is 14.0. The molecule has 0 saturated carbocycles. The van der Waals surface area contributed by atoms with E-state index in [2.05, 4.69) is 5.32 Å². The fourth-order valence-corrected chi connectivity index (χ4v) is 2.85. The maximum absolute atomic E-state index is 6.22. The Morgan fingerprint density at radius 2 is 1.42 bits per heavy atom. The van der Waals surface area contributed by atoms with Crippen molar-refractivity contribution in [1.82, 2.24) is 5.32 Å². The molecule has 2 aromatic rings. The van der Waals surface area contributed by atoms with Gasteiger partial charge in [0, 0.05) is 12.1 Å². The lowest BCUT2D eigenvalue weighted by molar-refractivity contribution is 0.818. The minimum Gasteiger partial charge on any atom is -0.316 e. The molecule has 0 aliphatic carbocycles. The van der Waals surface area contributed by atoms with Crippen LogP contribution in [0.1, 0.15) is 5.56 Å². The third-order valence-electron chi connectivity index (χ3n) is 2.74. The largest absolute Gasteiger partial charge is 0.316 e. The number of hydrogen-bond acceptors (Lipinski definition) is 1. The summed E-state index contributed by atoms with van der Waals surface area (Å²) in [6, 6.07) is 9.46. The first-order valence-electron chi connectivity index (χ1n) is 5.61. The second kappa shape index (κ2) is 6.34. The molecule has 2 rings (SSSR count). The van der Waals surface area contributed by atoms with Crippen molar-refractivity contribution < 1.29 is 0 Å². The highest BCUT2D eigenvalue weighted by Gasteiger charge is 2.15. The molecule has 0 aliphatic heterocycles. The summed E-state index contributed by atoms with van der Waals surface area (Å²) in [5.41, 5.74) is 2.72. The Hall–Kier alpha value is -0.440. The summed E-state index contributed by atoms with van der Waals surface area (Å²) in [5.74, 6) is 0. The third kappa shape index (κ3) is 3.18. The van der Waals surface area contributed by atoms with Gasteiger partial charge in [-0.05, 0) is 24.2 Å². The van der Waals surface area contributed by atoms with E-state index in [1.54, 1.807) is 6.07 Å². The van der Waals surface area contributed by atoms with E-state index >= 15 is 0 Å². The number of halogens is 4. The first-order chi connectivity index (χ1) is 9.04. The molecule has 0 unspecified atom stereocenters. The first kappa shape index (κ1) is 15.0. The van der Waals surface area contributed by atoms with E-state index in [0.29, 0.717) is 25.7 Å². The van der Waals surface area contributed by atoms with Gasteiger partial charge in [-0.25, -0.2) is 0 Å². The fraction of sp³-hybridized carbons (Fsp3) is 0.143. The lowest BCUT2D eigenvalue weighted by Gasteiger charge is -2.11. The Morgan fingerprint density at radius 3 is 1.89 bits per heavy atom. The van der Waals surface area contributed by atoms with Gasteiger partial charge in [-0.1, -0.05) is 70.7 Å². The van der Waals surface area contributed by atoms with Crippen LogP contribution >= 0.6 is 46.4 Å². The molecule has 0 fully saturated rings. The Labute approximate surface area is 132 Å². The van der Waals surface area contributed by atoms with Gasteiger partial charge < -0.3 is 5.32 Å². The van der Waals surface area contributed by atoms with Crippen LogP contribution in [0.2, 0.25) is 20.1 Å². The van der Waals surface area contributed by atoms with Crippen molar-refractivity contribution in [2.24, 2.45) is 0 Å². The lowest BCUT2D eigenvalue weighted by Crippen LogP contribution is -2.04. The number of nitrogens with one attached hydrogen (secondary N) is 1. The SMILES string of the molecule is CNCc1ccc(-c2c(Cl)c(Cl)cc(Cl)c2Cl)cc1. The molecule has 1 nitrogen and oxygen atoms in total. The van der Waals surface area contributed by atoms with Crippen LogP contribution in [0.15, 0.2) is 30.3 Å². The summed E-state index contributed by atoms with van der Waals surface area (Å²) in [4.78, 5) is 0. The molecule has 0 spiro atoms. The van der Waals surface area contributed by atoms with Gasteiger partial charge in [-0.3, -0.25) is 0 Å². The highest BCUT2D eigenvalue weighted by Crippen LogP contribution is 2.43. The molecule has 0 saturated heterocycles. The van der Waals surface area contributed by atoms with Gasteiger partial charge in [0.1, 0.15) is 0 Å². The lowest BCUT2D eigenvalue weighted by atomic mass is 10.0. The van der Waals surface area contributed by atoms with Crippen LogP contribution in [-0.2, 0) is 6.54 Å². The molecule has 0 aromatic heterocycles. The molecule has 0 atom stereocenters. The predicted octanol–water partition coefficient (Wildman–Crippen LogP) is 5.69. The number of hydrogen-bond donors (Lipinski definition) is 1. The van der Waals surface area contributed by atoms with Gasteiger partial charge >= 0.3 is 0 Å². The quantitative estimate of drug-likeness (QED) is 0.711. The molecule has 19 heavy (non-hydrogen) atoms. The highest BCUT2D eigenvalue weighted by molar-refractivity contribution is 6.50. The summed E-state index contributed by atoms with van der Waals surface area (Å²) in [7, 11) is 1.90. The van der Waals surface area contributed by atoms with E-state index in [1.165, 1.54) is 5.56 Å². The summed E-state index contributed by atoms with van der Waals surface area (Å²) in [5, 5.41) is 4.71. The second-order valence-electron chi connectivity index (χ2n) is 4.07. The Morgan fingerprint density at radius 1 is 0.895 bits per heavy atom. The van der Waals surface area contributed by atoms with Crippen LogP contribution in [0.25, 0.3) is 11.1 Å². The molecule has 0 aliphatic rings. The normalized spacial score (nSPS) is 10.8. The maximum Gasteiger partial charge on any atom is 0.0686 e. The van der Waals surface area contributed by atoms with E-state index < -0.39 is 0 Å². The van der Waals surface area contributed by atoms with Crippen molar-refractivity contribution >= 4 is 46.4 Å². The Balaban J connectivity index is 2.52. The van der Waals surface area contributed by atoms with Crippen LogP contribution in [0.4, 0.5) is 0 Å². The third-order valence-corrected chi connectivity index (χ3v) is 4.31. The van der Waals surface area contributed by atoms with Gasteiger partial charge in [-0.2, -0.15) is 0 Å². The van der Waals surface area contributed by atoms with E-state index in [1.807, 2.05) is 31.3 Å². The van der Waals surface area contributed by atoms with Crippen molar-refractivity contribution in [1.29, 1.82) is 0 Å². The van der Waals surface area contributed by atoms with Crippen molar-refractivity contribution in [3.8, 4) is 11.1 Å². The smallest absolute Gasteiger partial charge is 0.0686 e. The van der Waals surface area contributed by atoms with Gasteiger partial charge in [0.25, 0.3) is 0 Å². The summed E-state index contributed by atoms with van der Waals surface area (Å²) in [6.07, 6.45) is 0. The average molecular weight is 335 g/mol. The van der Waals surface area contributed by atoms with Crippen LogP contribution < -0.4 is 5.32 Å². The molecular formula is C14H11Cl4N. The van der Waals surface area contributed by atoms with Crippen molar-refractivity contribution in [2.45, 2.75) is 6.54 Å². The topological polar surface area (TPSA) is 12.0 Å². The molecular weight excluding hydrogens is 324 g/mol. The average Bonchev–Trinajstić information content (AvgIpc) is 2.39. The van der Waals surface area contributed by atoms with E-state index in [0.717, 1.165) is 12.1 Å². The van der Waals surface area contributed by atoms with Gasteiger partial charge in [0.05, 0.1) is 20.1 Å².